The Morgan fingerprint density at radius 1 is 0.886 bits per heavy atom. The fourth-order valence-corrected chi connectivity index (χ4v) is 4.87. The van der Waals surface area contributed by atoms with Crippen molar-refractivity contribution < 1.29 is 0 Å². The van der Waals surface area contributed by atoms with Gasteiger partial charge in [-0.3, -0.25) is 4.99 Å². The van der Waals surface area contributed by atoms with Crippen LogP contribution in [-0.4, -0.2) is 10.3 Å². The molecule has 4 aromatic rings. The lowest BCUT2D eigenvalue weighted by molar-refractivity contribution is 1.18. The van der Waals surface area contributed by atoms with Gasteiger partial charge in [-0.25, -0.2) is 0 Å². The third kappa shape index (κ3) is 3.94. The molecule has 0 radical (unpaired) electrons. The number of fused-ring (bicyclic) bond motifs is 4. The first-order valence-electron chi connectivity index (χ1n) is 12.1. The van der Waals surface area contributed by atoms with Crippen LogP contribution in [-0.2, 0) is 0 Å². The molecule has 1 aromatic heterocycles. The van der Waals surface area contributed by atoms with Gasteiger partial charge in [0.2, 0.25) is 0 Å². The summed E-state index contributed by atoms with van der Waals surface area (Å²) in [7, 11) is 0. The molecule has 0 spiro atoms. The smallest absolute Gasteiger partial charge is 0.0992 e. The molecular formula is C32H27N3. The zero-order valence-corrected chi connectivity index (χ0v) is 20.3. The first-order valence-corrected chi connectivity index (χ1v) is 12.1. The summed E-state index contributed by atoms with van der Waals surface area (Å²) in [5, 5.41) is 11.8. The van der Waals surface area contributed by atoms with Gasteiger partial charge in [0.1, 0.15) is 0 Å². The van der Waals surface area contributed by atoms with E-state index >= 15 is 0 Å². The molecule has 0 unspecified atom stereocenters. The Labute approximate surface area is 206 Å². The Balaban J connectivity index is 0.00000124. The van der Waals surface area contributed by atoms with Crippen molar-refractivity contribution in [2.75, 3.05) is 0 Å². The summed E-state index contributed by atoms with van der Waals surface area (Å²) >= 11 is 0. The minimum atomic E-state index is 0.657. The van der Waals surface area contributed by atoms with Gasteiger partial charge in [-0.2, -0.15) is 5.26 Å². The van der Waals surface area contributed by atoms with Gasteiger partial charge in [-0.1, -0.05) is 56.3 Å². The van der Waals surface area contributed by atoms with Gasteiger partial charge in [-0.05, 0) is 84.2 Å². The van der Waals surface area contributed by atoms with Crippen LogP contribution in [0.5, 0.6) is 0 Å². The summed E-state index contributed by atoms with van der Waals surface area (Å²) in [6.07, 6.45) is 11.5. The molecule has 3 nitrogen and oxygen atoms in total. The van der Waals surface area contributed by atoms with E-state index in [9.17, 15) is 5.26 Å². The second-order valence-corrected chi connectivity index (χ2v) is 8.44. The van der Waals surface area contributed by atoms with Crippen LogP contribution in [0.25, 0.3) is 33.1 Å². The molecule has 2 aliphatic rings. The topological polar surface area (TPSA) is 41.1 Å². The molecule has 0 N–H and O–H groups in total. The molecule has 3 heteroatoms. The number of aliphatic imine (C=N–C) groups is 1. The number of hydrogen-bond acceptors (Lipinski definition) is 2. The van der Waals surface area contributed by atoms with Gasteiger partial charge in [0.25, 0.3) is 0 Å². The predicted octanol–water partition coefficient (Wildman–Crippen LogP) is 8.31. The molecule has 1 aliphatic heterocycles. The number of benzene rings is 3. The summed E-state index contributed by atoms with van der Waals surface area (Å²) in [5.41, 5.74) is 9.85. The molecule has 3 aromatic carbocycles. The molecule has 0 bridgehead atoms. The average Bonchev–Trinajstić information content (AvgIpc) is 3.50. The fraction of sp³-hybridized carbons (Fsp3) is 0.125. The van der Waals surface area contributed by atoms with E-state index in [2.05, 4.69) is 95.4 Å². The number of aromatic nitrogens is 1. The quantitative estimate of drug-likeness (QED) is 0.301. The van der Waals surface area contributed by atoms with Crippen LogP contribution in [0.1, 0.15) is 38.3 Å². The predicted molar refractivity (Wildman–Crippen MR) is 148 cm³/mol. The van der Waals surface area contributed by atoms with Crippen molar-refractivity contribution in [3.63, 3.8) is 0 Å². The Morgan fingerprint density at radius 3 is 2.57 bits per heavy atom. The van der Waals surface area contributed by atoms with Crippen molar-refractivity contribution >= 4 is 33.1 Å². The largest absolute Gasteiger partial charge is 0.309 e. The Morgan fingerprint density at radius 2 is 1.71 bits per heavy atom. The van der Waals surface area contributed by atoms with E-state index in [4.69, 9.17) is 0 Å². The van der Waals surface area contributed by atoms with E-state index in [1.807, 2.05) is 38.2 Å². The van der Waals surface area contributed by atoms with Crippen LogP contribution in [0, 0.1) is 11.3 Å². The molecule has 0 atom stereocenters. The van der Waals surface area contributed by atoms with Gasteiger partial charge >= 0.3 is 0 Å². The third-order valence-electron chi connectivity index (χ3n) is 6.46. The SMILES string of the molecule is CC.CC1=C2/CC=C/C2=N/C=C/C(c2ccc3c(c2)c2ccccc2n3-c2cccc(C#N)c2)=C\1. The van der Waals surface area contributed by atoms with E-state index in [-0.39, 0.29) is 0 Å². The van der Waals surface area contributed by atoms with E-state index in [0.29, 0.717) is 5.56 Å². The molecule has 2 heterocycles. The van der Waals surface area contributed by atoms with Gasteiger partial charge in [0.15, 0.2) is 0 Å². The van der Waals surface area contributed by atoms with E-state index in [1.165, 1.54) is 21.9 Å². The fourth-order valence-electron chi connectivity index (χ4n) is 4.87. The monoisotopic (exact) mass is 453 g/mol. The van der Waals surface area contributed by atoms with Crippen LogP contribution < -0.4 is 0 Å². The van der Waals surface area contributed by atoms with Gasteiger partial charge < -0.3 is 4.57 Å². The molecule has 0 saturated heterocycles. The Kier molecular flexibility index (Phi) is 6.04. The molecule has 1 aliphatic carbocycles. The van der Waals surface area contributed by atoms with Crippen molar-refractivity contribution in [3.05, 3.63) is 120 Å². The van der Waals surface area contributed by atoms with Gasteiger partial charge in [0.05, 0.1) is 28.4 Å². The number of hydrogen-bond donors (Lipinski definition) is 0. The van der Waals surface area contributed by atoms with Crippen molar-refractivity contribution in [2.24, 2.45) is 4.99 Å². The van der Waals surface area contributed by atoms with Gasteiger partial charge in [-0.15, -0.1) is 0 Å². The highest BCUT2D eigenvalue weighted by molar-refractivity contribution is 6.13. The number of allylic oxidation sites excluding steroid dienone is 7. The molecule has 35 heavy (non-hydrogen) atoms. The maximum Gasteiger partial charge on any atom is 0.0992 e. The summed E-state index contributed by atoms with van der Waals surface area (Å²) in [6, 6.07) is 25.1. The highest BCUT2D eigenvalue weighted by atomic mass is 15.0. The van der Waals surface area contributed by atoms with Gasteiger partial charge in [0, 0.05) is 22.7 Å². The molecule has 0 fully saturated rings. The first-order chi connectivity index (χ1) is 17.2. The maximum absolute atomic E-state index is 9.40. The molecule has 170 valence electrons. The number of rotatable bonds is 2. The number of nitriles is 1. The van der Waals surface area contributed by atoms with Crippen LogP contribution in [0.3, 0.4) is 0 Å². The van der Waals surface area contributed by atoms with Crippen molar-refractivity contribution in [3.8, 4) is 11.8 Å². The van der Waals surface area contributed by atoms with E-state index in [1.54, 1.807) is 0 Å². The first kappa shape index (κ1) is 22.4. The zero-order chi connectivity index (χ0) is 24.4. The van der Waals surface area contributed by atoms with Crippen LogP contribution >= 0.6 is 0 Å². The minimum absolute atomic E-state index is 0.657. The average molecular weight is 454 g/mol. The van der Waals surface area contributed by atoms with Crippen molar-refractivity contribution in [2.45, 2.75) is 27.2 Å². The standard InChI is InChI=1S/C30H21N3.C2H6/c1-20-16-23(14-15-32-28-10-5-9-25(20)28)22-12-13-30-27(18-22)26-8-2-3-11-29(26)33(30)24-7-4-6-21(17-24)19-31;1-2/h2-8,10-18H,9H2,1H3;1-2H3/b15-14+,20-16?,23-14?,23-16+,25-20+,32-15?,32-28-;. The highest BCUT2D eigenvalue weighted by Crippen LogP contribution is 2.35. The lowest BCUT2D eigenvalue weighted by atomic mass is 9.97. The normalized spacial score (nSPS) is 20.5. The van der Waals surface area contributed by atoms with Crippen LogP contribution in [0.4, 0.5) is 0 Å². The number of nitrogens with zero attached hydrogens (tertiary/aromatic N) is 3. The maximum atomic E-state index is 9.40. The molecule has 6 rings (SSSR count). The Bertz CT molecular complexity index is 1650. The lowest BCUT2D eigenvalue weighted by Crippen LogP contribution is -1.97. The summed E-state index contributed by atoms with van der Waals surface area (Å²) in [4.78, 5) is 4.66. The minimum Gasteiger partial charge on any atom is -0.309 e. The second-order valence-electron chi connectivity index (χ2n) is 8.44. The lowest BCUT2D eigenvalue weighted by Gasteiger charge is -2.11. The molecule has 0 amide bonds. The van der Waals surface area contributed by atoms with Crippen molar-refractivity contribution in [1.29, 1.82) is 5.26 Å². The van der Waals surface area contributed by atoms with E-state index in [0.717, 1.165) is 40.0 Å². The second kappa shape index (κ2) is 9.44. The van der Waals surface area contributed by atoms with Crippen LogP contribution in [0.2, 0.25) is 0 Å². The molecule has 0 saturated carbocycles. The third-order valence-corrected chi connectivity index (χ3v) is 6.46. The van der Waals surface area contributed by atoms with E-state index < -0.39 is 0 Å². The Hall–Kier alpha value is -4.42. The highest BCUT2D eigenvalue weighted by Gasteiger charge is 2.16. The van der Waals surface area contributed by atoms with Crippen LogP contribution in [0.15, 0.2) is 113 Å². The van der Waals surface area contributed by atoms with Crippen molar-refractivity contribution in [1.82, 2.24) is 4.57 Å². The molecular weight excluding hydrogens is 426 g/mol. The summed E-state index contributed by atoms with van der Waals surface area (Å²) in [6.45, 7) is 6.17. The summed E-state index contributed by atoms with van der Waals surface area (Å²) in [5.74, 6) is 0. The number of para-hydroxylation sites is 1. The summed E-state index contributed by atoms with van der Waals surface area (Å²) < 4.78 is 2.24. The zero-order valence-electron chi connectivity index (χ0n) is 20.3.